The highest BCUT2D eigenvalue weighted by Crippen LogP contribution is 2.17. The van der Waals surface area contributed by atoms with Crippen molar-refractivity contribution >= 4 is 21.8 Å². The number of hydrogen-bond donors (Lipinski definition) is 2. The normalized spacial score (nSPS) is 14.2. The van der Waals surface area contributed by atoms with E-state index in [-0.39, 0.29) is 22.9 Å². The van der Waals surface area contributed by atoms with E-state index in [1.54, 1.807) is 20.8 Å². The van der Waals surface area contributed by atoms with Crippen LogP contribution in [0.15, 0.2) is 29.2 Å². The molecule has 0 aliphatic rings. The van der Waals surface area contributed by atoms with Gasteiger partial charge in [0.05, 0.1) is 4.90 Å². The molecular weight excluding hydrogens is 354 g/mol. The maximum absolute atomic E-state index is 12.4. The van der Waals surface area contributed by atoms with Gasteiger partial charge < -0.3 is 10.6 Å². The Morgan fingerprint density at radius 1 is 1.04 bits per heavy atom. The second-order valence-corrected chi connectivity index (χ2v) is 8.65. The predicted molar refractivity (Wildman–Crippen MR) is 101 cm³/mol. The van der Waals surface area contributed by atoms with Gasteiger partial charge in [-0.15, -0.1) is 0 Å². The summed E-state index contributed by atoms with van der Waals surface area (Å²) in [6.07, 6.45) is 0.799. The molecule has 1 aromatic carbocycles. The number of hydrogen-bond acceptors (Lipinski definition) is 4. The monoisotopic (exact) mass is 383 g/mol. The Kier molecular flexibility index (Phi) is 7.77. The fraction of sp³-hybridized carbons (Fsp3) is 0.556. The summed E-state index contributed by atoms with van der Waals surface area (Å²) in [5.41, 5.74) is 0.291. The molecule has 7 nitrogen and oxygen atoms in total. The first-order valence-electron chi connectivity index (χ1n) is 8.70. The molecule has 0 aliphatic heterocycles. The topological polar surface area (TPSA) is 95.6 Å². The summed E-state index contributed by atoms with van der Waals surface area (Å²) in [6, 6.07) is 4.84. The smallest absolute Gasteiger partial charge is 0.251 e. The number of carbonyl (C=O) groups excluding carboxylic acids is 2. The zero-order chi connectivity index (χ0) is 20.1. The fourth-order valence-electron chi connectivity index (χ4n) is 2.04. The Labute approximate surface area is 156 Å². The average molecular weight is 384 g/mol. The van der Waals surface area contributed by atoms with E-state index < -0.39 is 22.0 Å². The summed E-state index contributed by atoms with van der Waals surface area (Å²) in [5.74, 6) is -0.691. The van der Waals surface area contributed by atoms with Gasteiger partial charge >= 0.3 is 0 Å². The molecule has 0 heterocycles. The Morgan fingerprint density at radius 3 is 2.04 bits per heavy atom. The summed E-state index contributed by atoms with van der Waals surface area (Å²) in [7, 11) is -2.08. The van der Waals surface area contributed by atoms with Crippen molar-refractivity contribution in [3.8, 4) is 0 Å². The molecule has 0 saturated carbocycles. The van der Waals surface area contributed by atoms with Gasteiger partial charge in [-0.2, -0.15) is 4.31 Å². The summed E-state index contributed by atoms with van der Waals surface area (Å²) in [6.45, 7) is 9.02. The van der Waals surface area contributed by atoms with Gasteiger partial charge in [-0.05, 0) is 58.4 Å². The van der Waals surface area contributed by atoms with E-state index in [1.807, 2.05) is 13.8 Å². The van der Waals surface area contributed by atoms with E-state index in [1.165, 1.54) is 35.6 Å². The minimum Gasteiger partial charge on any atom is -0.352 e. The predicted octanol–water partition coefficient (Wildman–Crippen LogP) is 1.75. The Hall–Kier alpha value is -1.93. The lowest BCUT2D eigenvalue weighted by atomic mass is 10.2. The number of carbonyl (C=O) groups is 2. The molecule has 0 aliphatic carbocycles. The number of rotatable bonds is 8. The van der Waals surface area contributed by atoms with Gasteiger partial charge in [0.15, 0.2) is 0 Å². The second kappa shape index (κ2) is 9.14. The molecule has 2 N–H and O–H groups in total. The molecule has 146 valence electrons. The van der Waals surface area contributed by atoms with Crippen LogP contribution >= 0.6 is 0 Å². The van der Waals surface area contributed by atoms with E-state index in [0.29, 0.717) is 5.56 Å². The number of benzene rings is 1. The van der Waals surface area contributed by atoms with Gasteiger partial charge in [0.25, 0.3) is 5.91 Å². The van der Waals surface area contributed by atoms with Gasteiger partial charge in [-0.3, -0.25) is 9.59 Å². The zero-order valence-electron chi connectivity index (χ0n) is 16.2. The van der Waals surface area contributed by atoms with Crippen molar-refractivity contribution < 1.29 is 18.0 Å². The molecule has 1 rings (SSSR count). The van der Waals surface area contributed by atoms with Crippen molar-refractivity contribution in [1.29, 1.82) is 0 Å². The lowest BCUT2D eigenvalue weighted by Gasteiger charge is -2.21. The first kappa shape index (κ1) is 22.1. The first-order valence-corrected chi connectivity index (χ1v) is 10.1. The minimum absolute atomic E-state index is 0.0317. The fourth-order valence-corrected chi connectivity index (χ4v) is 3.41. The maximum Gasteiger partial charge on any atom is 0.251 e. The standard InChI is InChI=1S/C18H29N3O4S/c1-7-13(4)19-17(22)14(5)20-18(23)15-8-10-16(11-9-15)26(24,25)21(6)12(2)3/h8-14H,7H2,1-6H3,(H,19,22)(H,20,23). The Balaban J connectivity index is 2.83. The molecule has 2 unspecified atom stereocenters. The SMILES string of the molecule is CCC(C)NC(=O)C(C)NC(=O)c1ccc(S(=O)(=O)N(C)C(C)C)cc1. The van der Waals surface area contributed by atoms with Crippen LogP contribution in [0.5, 0.6) is 0 Å². The van der Waals surface area contributed by atoms with Crippen molar-refractivity contribution in [2.75, 3.05) is 7.05 Å². The molecule has 8 heteroatoms. The van der Waals surface area contributed by atoms with E-state index in [2.05, 4.69) is 10.6 Å². The highest BCUT2D eigenvalue weighted by atomic mass is 32.2. The van der Waals surface area contributed by atoms with Crippen LogP contribution in [0, 0.1) is 0 Å². The number of sulfonamides is 1. The summed E-state index contributed by atoms with van der Waals surface area (Å²) >= 11 is 0. The highest BCUT2D eigenvalue weighted by Gasteiger charge is 2.23. The van der Waals surface area contributed by atoms with Crippen molar-refractivity contribution in [2.24, 2.45) is 0 Å². The second-order valence-electron chi connectivity index (χ2n) is 6.65. The van der Waals surface area contributed by atoms with Crippen LogP contribution in [0.1, 0.15) is 51.4 Å². The highest BCUT2D eigenvalue weighted by molar-refractivity contribution is 7.89. The third-order valence-corrected chi connectivity index (χ3v) is 6.31. The van der Waals surface area contributed by atoms with Gasteiger partial charge in [0.2, 0.25) is 15.9 Å². The third kappa shape index (κ3) is 5.54. The molecule has 26 heavy (non-hydrogen) atoms. The van der Waals surface area contributed by atoms with E-state index >= 15 is 0 Å². The molecule has 2 atom stereocenters. The number of nitrogens with zero attached hydrogens (tertiary/aromatic N) is 1. The van der Waals surface area contributed by atoms with Crippen molar-refractivity contribution in [3.63, 3.8) is 0 Å². The average Bonchev–Trinajstić information content (AvgIpc) is 2.60. The molecule has 0 aromatic heterocycles. The molecule has 0 bridgehead atoms. The molecular formula is C18H29N3O4S. The van der Waals surface area contributed by atoms with Crippen molar-refractivity contribution in [1.82, 2.24) is 14.9 Å². The van der Waals surface area contributed by atoms with Gasteiger partial charge in [0, 0.05) is 24.7 Å². The third-order valence-electron chi connectivity index (χ3n) is 4.26. The molecule has 0 spiro atoms. The van der Waals surface area contributed by atoms with Gasteiger partial charge in [0.1, 0.15) is 6.04 Å². The van der Waals surface area contributed by atoms with Crippen molar-refractivity contribution in [2.45, 2.75) is 64.1 Å². The van der Waals surface area contributed by atoms with Crippen LogP contribution in [0.2, 0.25) is 0 Å². The van der Waals surface area contributed by atoms with Gasteiger partial charge in [-0.25, -0.2) is 8.42 Å². The quantitative estimate of drug-likeness (QED) is 0.715. The molecule has 0 fully saturated rings. The molecule has 1 aromatic rings. The lowest BCUT2D eigenvalue weighted by molar-refractivity contribution is -0.123. The first-order chi connectivity index (χ1) is 12.0. The summed E-state index contributed by atoms with van der Waals surface area (Å²) in [4.78, 5) is 24.4. The van der Waals surface area contributed by atoms with Gasteiger partial charge in [-0.1, -0.05) is 6.92 Å². The molecule has 0 radical (unpaired) electrons. The largest absolute Gasteiger partial charge is 0.352 e. The number of nitrogens with one attached hydrogen (secondary N) is 2. The zero-order valence-corrected chi connectivity index (χ0v) is 17.1. The van der Waals surface area contributed by atoms with E-state index in [0.717, 1.165) is 6.42 Å². The minimum atomic E-state index is -3.60. The van der Waals surface area contributed by atoms with Crippen LogP contribution in [-0.4, -0.2) is 49.7 Å². The number of amides is 2. The maximum atomic E-state index is 12.4. The lowest BCUT2D eigenvalue weighted by Crippen LogP contribution is -2.47. The Bertz CT molecular complexity index is 729. The van der Waals surface area contributed by atoms with Crippen LogP contribution < -0.4 is 10.6 Å². The van der Waals surface area contributed by atoms with Crippen LogP contribution in [0.4, 0.5) is 0 Å². The van der Waals surface area contributed by atoms with Crippen LogP contribution in [0.25, 0.3) is 0 Å². The summed E-state index contributed by atoms with van der Waals surface area (Å²) in [5, 5.41) is 5.41. The Morgan fingerprint density at radius 2 is 1.58 bits per heavy atom. The van der Waals surface area contributed by atoms with Crippen molar-refractivity contribution in [3.05, 3.63) is 29.8 Å². The van der Waals surface area contributed by atoms with Crippen LogP contribution in [-0.2, 0) is 14.8 Å². The van der Waals surface area contributed by atoms with Crippen LogP contribution in [0.3, 0.4) is 0 Å². The molecule has 2 amide bonds. The molecule has 0 saturated heterocycles. The summed E-state index contributed by atoms with van der Waals surface area (Å²) < 4.78 is 26.1. The van der Waals surface area contributed by atoms with E-state index in [9.17, 15) is 18.0 Å². The van der Waals surface area contributed by atoms with E-state index in [4.69, 9.17) is 0 Å².